The normalized spacial score (nSPS) is 14.9. The van der Waals surface area contributed by atoms with Crippen molar-refractivity contribution in [3.63, 3.8) is 0 Å². The number of carbonyl (C=O) groups is 2. The van der Waals surface area contributed by atoms with Crippen molar-refractivity contribution in [3.05, 3.63) is 54.4 Å². The van der Waals surface area contributed by atoms with E-state index in [1.165, 1.54) is 31.4 Å². The van der Waals surface area contributed by atoms with Crippen molar-refractivity contribution in [2.24, 2.45) is 5.92 Å². The molecule has 10 heteroatoms. The van der Waals surface area contributed by atoms with Gasteiger partial charge in [0.25, 0.3) is 5.91 Å². The summed E-state index contributed by atoms with van der Waals surface area (Å²) in [4.78, 5) is 29.5. The van der Waals surface area contributed by atoms with E-state index < -0.39 is 16.1 Å². The first-order chi connectivity index (χ1) is 14.4. The Bertz CT molecular complexity index is 972. The van der Waals surface area contributed by atoms with Crippen LogP contribution in [0.1, 0.15) is 23.2 Å². The molecule has 1 aromatic carbocycles. The third-order valence-corrected chi connectivity index (χ3v) is 6.41. The van der Waals surface area contributed by atoms with Crippen LogP contribution < -0.4 is 10.0 Å². The summed E-state index contributed by atoms with van der Waals surface area (Å²) < 4.78 is 32.2. The predicted molar refractivity (Wildman–Crippen MR) is 111 cm³/mol. The molecule has 0 spiro atoms. The van der Waals surface area contributed by atoms with Gasteiger partial charge in [-0.3, -0.25) is 15.1 Å². The Morgan fingerprint density at radius 1 is 1.17 bits per heavy atom. The van der Waals surface area contributed by atoms with Gasteiger partial charge < -0.3 is 9.64 Å². The summed E-state index contributed by atoms with van der Waals surface area (Å²) in [7, 11) is -2.42. The lowest BCUT2D eigenvalue weighted by Crippen LogP contribution is -2.41. The summed E-state index contributed by atoms with van der Waals surface area (Å²) in [6, 6.07) is 9.29. The Morgan fingerprint density at radius 3 is 2.47 bits per heavy atom. The molecule has 160 valence electrons. The summed E-state index contributed by atoms with van der Waals surface area (Å²) in [6.07, 6.45) is 3.98. The number of likely N-dealkylation sites (tertiary alicyclic amines) is 1. The highest BCUT2D eigenvalue weighted by molar-refractivity contribution is 7.89. The number of piperidine rings is 1. The van der Waals surface area contributed by atoms with Gasteiger partial charge in [0.15, 0.2) is 0 Å². The summed E-state index contributed by atoms with van der Waals surface area (Å²) in [6.45, 7) is 1.46. The lowest BCUT2D eigenvalue weighted by atomic mass is 9.97. The van der Waals surface area contributed by atoms with Crippen LogP contribution in [0.25, 0.3) is 0 Å². The number of benzene rings is 1. The maximum atomic E-state index is 12.5. The van der Waals surface area contributed by atoms with Crippen molar-refractivity contribution in [2.75, 3.05) is 32.1 Å². The molecule has 0 aliphatic carbocycles. The fraction of sp³-hybridized carbons (Fsp3) is 0.350. The number of hydrogen-bond donors (Lipinski definition) is 2. The zero-order valence-corrected chi connectivity index (χ0v) is 17.4. The standard InChI is InChI=1S/C20H24N4O5S/c1-29-20(26)23-17-4-6-18(7-5-17)30(27,28)22-13-15-8-11-24(12-9-15)19(25)16-3-2-10-21-14-16/h2-7,10,14-15,22H,8-9,11-13H2,1H3,(H,23,26). The second-order valence-electron chi connectivity index (χ2n) is 6.97. The third kappa shape index (κ3) is 5.55. The molecule has 0 radical (unpaired) electrons. The number of nitrogens with one attached hydrogen (secondary N) is 2. The minimum Gasteiger partial charge on any atom is -0.453 e. The maximum absolute atomic E-state index is 12.5. The van der Waals surface area contributed by atoms with Gasteiger partial charge in [-0.25, -0.2) is 17.9 Å². The van der Waals surface area contributed by atoms with Crippen LogP contribution >= 0.6 is 0 Å². The number of ether oxygens (including phenoxy) is 1. The van der Waals surface area contributed by atoms with Crippen molar-refractivity contribution in [2.45, 2.75) is 17.7 Å². The monoisotopic (exact) mass is 432 g/mol. The minimum absolute atomic E-state index is 0.0530. The molecule has 2 aromatic rings. The molecule has 1 fully saturated rings. The molecule has 0 bridgehead atoms. The first-order valence-corrected chi connectivity index (χ1v) is 11.0. The molecular weight excluding hydrogens is 408 g/mol. The molecule has 1 aliphatic heterocycles. The molecule has 1 aliphatic rings. The van der Waals surface area contributed by atoms with Gasteiger partial charge in [0.1, 0.15) is 0 Å². The minimum atomic E-state index is -3.67. The Kier molecular flexibility index (Phi) is 7.01. The lowest BCUT2D eigenvalue weighted by molar-refractivity contribution is 0.0691. The molecule has 2 N–H and O–H groups in total. The van der Waals surface area contributed by atoms with Gasteiger partial charge >= 0.3 is 6.09 Å². The highest BCUT2D eigenvalue weighted by Crippen LogP contribution is 2.20. The Labute approximate surface area is 175 Å². The molecular formula is C20H24N4O5S. The van der Waals surface area contributed by atoms with Crippen LogP contribution in [0.2, 0.25) is 0 Å². The second-order valence-corrected chi connectivity index (χ2v) is 8.74. The van der Waals surface area contributed by atoms with Crippen molar-refractivity contribution in [1.29, 1.82) is 0 Å². The van der Waals surface area contributed by atoms with Gasteiger partial charge in [0, 0.05) is 37.7 Å². The van der Waals surface area contributed by atoms with Crippen LogP contribution in [0.3, 0.4) is 0 Å². The van der Waals surface area contributed by atoms with E-state index in [1.54, 1.807) is 29.4 Å². The Hall–Kier alpha value is -2.98. The number of methoxy groups -OCH3 is 1. The molecule has 0 unspecified atom stereocenters. The number of nitrogens with zero attached hydrogens (tertiary/aromatic N) is 2. The van der Waals surface area contributed by atoms with Crippen molar-refractivity contribution < 1.29 is 22.7 Å². The molecule has 0 atom stereocenters. The van der Waals surface area contributed by atoms with E-state index in [1.807, 2.05) is 0 Å². The number of pyridine rings is 1. The molecule has 2 heterocycles. The van der Waals surface area contributed by atoms with Crippen molar-refractivity contribution in [1.82, 2.24) is 14.6 Å². The number of rotatable bonds is 6. The highest BCUT2D eigenvalue weighted by atomic mass is 32.2. The predicted octanol–water partition coefficient (Wildman–Crippen LogP) is 2.09. The number of aromatic nitrogens is 1. The van der Waals surface area contributed by atoms with E-state index in [0.29, 0.717) is 30.9 Å². The Morgan fingerprint density at radius 2 is 1.87 bits per heavy atom. The average molecular weight is 433 g/mol. The topological polar surface area (TPSA) is 118 Å². The SMILES string of the molecule is COC(=O)Nc1ccc(S(=O)(=O)NCC2CCN(C(=O)c3cccnc3)CC2)cc1. The summed E-state index contributed by atoms with van der Waals surface area (Å²) >= 11 is 0. The van der Waals surface area contributed by atoms with Crippen LogP contribution in [0.4, 0.5) is 10.5 Å². The van der Waals surface area contributed by atoms with E-state index >= 15 is 0 Å². The van der Waals surface area contributed by atoms with Crippen LogP contribution in [-0.4, -0.2) is 57.0 Å². The highest BCUT2D eigenvalue weighted by Gasteiger charge is 2.25. The van der Waals surface area contributed by atoms with E-state index in [0.717, 1.165) is 12.8 Å². The van der Waals surface area contributed by atoms with Gasteiger partial charge in [-0.05, 0) is 55.2 Å². The summed E-state index contributed by atoms with van der Waals surface area (Å²) in [5.74, 6) is 0.0979. The number of carbonyl (C=O) groups excluding carboxylic acids is 2. The van der Waals surface area contributed by atoms with E-state index in [9.17, 15) is 18.0 Å². The smallest absolute Gasteiger partial charge is 0.411 e. The quantitative estimate of drug-likeness (QED) is 0.722. The largest absolute Gasteiger partial charge is 0.453 e. The molecule has 1 saturated heterocycles. The van der Waals surface area contributed by atoms with Crippen LogP contribution in [0, 0.1) is 5.92 Å². The fourth-order valence-corrected chi connectivity index (χ4v) is 4.33. The Balaban J connectivity index is 1.50. The number of sulfonamides is 1. The van der Waals surface area contributed by atoms with E-state index in [4.69, 9.17) is 0 Å². The first kappa shape index (κ1) is 21.7. The van der Waals surface area contributed by atoms with Crippen molar-refractivity contribution >= 4 is 27.7 Å². The zero-order valence-electron chi connectivity index (χ0n) is 16.6. The molecule has 9 nitrogen and oxygen atoms in total. The van der Waals surface area contributed by atoms with E-state index in [-0.39, 0.29) is 16.7 Å². The van der Waals surface area contributed by atoms with Gasteiger partial charge in [-0.15, -0.1) is 0 Å². The van der Waals surface area contributed by atoms with Crippen LogP contribution in [-0.2, 0) is 14.8 Å². The molecule has 3 rings (SSSR count). The lowest BCUT2D eigenvalue weighted by Gasteiger charge is -2.32. The average Bonchev–Trinajstić information content (AvgIpc) is 2.78. The molecule has 2 amide bonds. The van der Waals surface area contributed by atoms with Crippen LogP contribution in [0.5, 0.6) is 0 Å². The number of amides is 2. The van der Waals surface area contributed by atoms with E-state index in [2.05, 4.69) is 19.8 Å². The fourth-order valence-electron chi connectivity index (χ4n) is 3.21. The number of hydrogen-bond acceptors (Lipinski definition) is 6. The number of anilines is 1. The maximum Gasteiger partial charge on any atom is 0.411 e. The molecule has 0 saturated carbocycles. The van der Waals surface area contributed by atoms with Crippen molar-refractivity contribution in [3.8, 4) is 0 Å². The molecule has 30 heavy (non-hydrogen) atoms. The zero-order chi connectivity index (χ0) is 21.6. The van der Waals surface area contributed by atoms with Crippen LogP contribution in [0.15, 0.2) is 53.7 Å². The van der Waals surface area contributed by atoms with Gasteiger partial charge in [-0.1, -0.05) is 0 Å². The van der Waals surface area contributed by atoms with Gasteiger partial charge in [0.05, 0.1) is 17.6 Å². The van der Waals surface area contributed by atoms with Gasteiger partial charge in [-0.2, -0.15) is 0 Å². The van der Waals surface area contributed by atoms with Gasteiger partial charge in [0.2, 0.25) is 10.0 Å². The molecule has 1 aromatic heterocycles. The summed E-state index contributed by atoms with van der Waals surface area (Å²) in [5, 5.41) is 2.47. The third-order valence-electron chi connectivity index (χ3n) is 4.97. The summed E-state index contributed by atoms with van der Waals surface area (Å²) in [5.41, 5.74) is 0.994. The first-order valence-electron chi connectivity index (χ1n) is 9.53. The second kappa shape index (κ2) is 9.68.